The van der Waals surface area contributed by atoms with Gasteiger partial charge in [0, 0.05) is 31.9 Å². The maximum absolute atomic E-state index is 9.75. The molecule has 0 unspecified atom stereocenters. The summed E-state index contributed by atoms with van der Waals surface area (Å²) < 4.78 is 44.2. The lowest BCUT2D eigenvalue weighted by Gasteiger charge is -2.15. The predicted octanol–water partition coefficient (Wildman–Crippen LogP) is 2.56. The van der Waals surface area contributed by atoms with E-state index in [0.29, 0.717) is 10.9 Å². The lowest BCUT2D eigenvalue weighted by Crippen LogP contribution is -2.17. The molecule has 0 aliphatic carbocycles. The lowest BCUT2D eigenvalue weighted by atomic mass is 10.3. The van der Waals surface area contributed by atoms with E-state index in [1.165, 1.54) is 4.91 Å². The zero-order chi connectivity index (χ0) is 13.5. The zero-order valence-electron chi connectivity index (χ0n) is 10.4. The summed E-state index contributed by atoms with van der Waals surface area (Å²) in [5.74, 6) is 0.985. The largest absolute Gasteiger partial charge is 0.673 e. The van der Waals surface area contributed by atoms with E-state index in [-0.39, 0.29) is 0 Å². The van der Waals surface area contributed by atoms with Crippen molar-refractivity contribution in [3.63, 3.8) is 0 Å². The Morgan fingerprint density at radius 1 is 1.12 bits per heavy atom. The van der Waals surface area contributed by atoms with Crippen LogP contribution in [0.5, 0.6) is 0 Å². The maximum Gasteiger partial charge on any atom is 0.673 e. The lowest BCUT2D eigenvalue weighted by molar-refractivity contribution is 0.192. The molecule has 0 radical (unpaired) electrons. The molecule has 0 aliphatic heterocycles. The molecular weight excluding hydrogens is 245 g/mol. The number of hydrogen-bond acceptors (Lipinski definition) is 2. The van der Waals surface area contributed by atoms with Crippen molar-refractivity contribution in [3.8, 4) is 0 Å². The first kappa shape index (κ1) is 17.9. The number of halogens is 4. The first-order valence-electron chi connectivity index (χ1n) is 4.37. The molecule has 0 saturated carbocycles. The van der Waals surface area contributed by atoms with Gasteiger partial charge in [-0.25, -0.2) is 0 Å². The van der Waals surface area contributed by atoms with Crippen molar-refractivity contribution in [2.45, 2.75) is 6.92 Å². The Kier molecular flexibility index (Phi) is 8.59. The molecule has 0 N–H and O–H groups in total. The third-order valence-electron chi connectivity index (χ3n) is 1.51. The van der Waals surface area contributed by atoms with Crippen LogP contribution in [-0.2, 0) is 15.6 Å². The number of rotatable bonds is 3. The predicted molar refractivity (Wildman–Crippen MR) is 62.8 cm³/mol. The third kappa shape index (κ3) is 11.5. The minimum absolute atomic E-state index is 0.302. The molecule has 2 nitrogen and oxygen atoms in total. The van der Waals surface area contributed by atoms with E-state index in [0.717, 1.165) is 5.88 Å². The smallest absolute Gasteiger partial charge is 0.479 e. The molecule has 0 spiro atoms. The fourth-order valence-corrected chi connectivity index (χ4v) is 1.43. The summed E-state index contributed by atoms with van der Waals surface area (Å²) in [4.78, 5) is 3.32. The Labute approximate surface area is 97.1 Å². The van der Waals surface area contributed by atoms with Crippen molar-refractivity contribution >= 4 is 18.1 Å². The van der Waals surface area contributed by atoms with Crippen LogP contribution in [-0.4, -0.2) is 45.9 Å². The van der Waals surface area contributed by atoms with Gasteiger partial charge in [-0.1, -0.05) is 0 Å². The van der Waals surface area contributed by atoms with Gasteiger partial charge in [0.2, 0.25) is 5.88 Å². The second-order valence-electron chi connectivity index (χ2n) is 3.27. The average Bonchev–Trinajstić information content (AvgIpc) is 2.00. The monoisotopic (exact) mass is 263 g/mol. The summed E-state index contributed by atoms with van der Waals surface area (Å²) in [7, 11) is 0.00656. The van der Waals surface area contributed by atoms with E-state index >= 15 is 0 Å². The Morgan fingerprint density at radius 3 is 1.50 bits per heavy atom. The van der Waals surface area contributed by atoms with E-state index < -0.39 is 7.25 Å². The van der Waals surface area contributed by atoms with E-state index in [4.69, 9.17) is 4.74 Å². The number of methoxy groups -OCH3 is 1. The second kappa shape index (κ2) is 7.70. The Hall–Kier alpha value is -0.525. The van der Waals surface area contributed by atoms with E-state index in [2.05, 4.69) is 19.4 Å². The molecule has 0 fully saturated rings. The van der Waals surface area contributed by atoms with Crippen molar-refractivity contribution < 1.29 is 22.0 Å². The Balaban J connectivity index is 0. The molecule has 0 atom stereocenters. The first-order chi connectivity index (χ1) is 7.00. The molecule has 98 valence electrons. The molecule has 0 aromatic heterocycles. The highest BCUT2D eigenvalue weighted by Crippen LogP contribution is 2.12. The van der Waals surface area contributed by atoms with Gasteiger partial charge < -0.3 is 26.9 Å². The molecule has 0 rings (SSSR count). The normalized spacial score (nSPS) is 12.7. The molecule has 0 bridgehead atoms. The molecule has 16 heavy (non-hydrogen) atoms. The fourth-order valence-electron chi connectivity index (χ4n) is 0.816. The molecule has 0 saturated heterocycles. The number of allylic oxidation sites excluding steroid dienone is 1. The molecule has 0 aliphatic rings. The van der Waals surface area contributed by atoms with Crippen LogP contribution in [0.4, 0.5) is 17.3 Å². The quantitative estimate of drug-likeness (QED) is 0.336. The topological polar surface area (TPSA) is 12.5 Å². The van der Waals surface area contributed by atoms with Crippen LogP contribution in [0.2, 0.25) is 0 Å². The minimum Gasteiger partial charge on any atom is -0.479 e. The van der Waals surface area contributed by atoms with Gasteiger partial charge in [0.05, 0.1) is 7.11 Å². The van der Waals surface area contributed by atoms with Crippen molar-refractivity contribution in [2.24, 2.45) is 0 Å². The van der Waals surface area contributed by atoms with E-state index in [9.17, 15) is 17.3 Å². The summed E-state index contributed by atoms with van der Waals surface area (Å²) in [5, 5.41) is 0. The summed E-state index contributed by atoms with van der Waals surface area (Å²) in [5.41, 5.74) is 0. The molecule has 0 heterocycles. The fraction of sp³-hybridized carbons (Fsp3) is 0.750. The minimum atomic E-state index is -6.00. The van der Waals surface area contributed by atoms with Gasteiger partial charge in [0.25, 0.3) is 0 Å². The summed E-state index contributed by atoms with van der Waals surface area (Å²) in [6, 6.07) is 0. The highest BCUT2D eigenvalue weighted by atomic mass is 32.2. The van der Waals surface area contributed by atoms with Crippen molar-refractivity contribution in [2.75, 3.05) is 33.7 Å². The standard InChI is InChI=1S/C8H18NOS.BF4/c1-7(11(5)6)8(10-4)9(2)3;2-1(3,4)5/h1-6H3;/q+1;-1/b8-7-;. The summed E-state index contributed by atoms with van der Waals surface area (Å²) >= 11 is 0. The van der Waals surface area contributed by atoms with Crippen molar-refractivity contribution in [3.05, 3.63) is 10.8 Å². The Morgan fingerprint density at radius 2 is 1.44 bits per heavy atom. The maximum atomic E-state index is 9.75. The molecule has 0 amide bonds. The highest BCUT2D eigenvalue weighted by Gasteiger charge is 2.20. The van der Waals surface area contributed by atoms with Crippen LogP contribution in [0.25, 0.3) is 0 Å². The highest BCUT2D eigenvalue weighted by molar-refractivity contribution is 7.99. The summed E-state index contributed by atoms with van der Waals surface area (Å²) in [6.45, 7) is 2.11. The van der Waals surface area contributed by atoms with Gasteiger partial charge in [-0.15, -0.1) is 0 Å². The van der Waals surface area contributed by atoms with Gasteiger partial charge in [-0.05, 0) is 0 Å². The SMILES string of the molecule is CO/C(=C(/C)[S+](C)C)N(C)C.F[B-](F)(F)F. The first-order valence-corrected chi connectivity index (χ1v) is 6.42. The van der Waals surface area contributed by atoms with Gasteiger partial charge >= 0.3 is 7.25 Å². The molecule has 0 aromatic rings. The van der Waals surface area contributed by atoms with Gasteiger partial charge in [-0.2, -0.15) is 0 Å². The Bertz CT molecular complexity index is 225. The number of hydrogen-bond donors (Lipinski definition) is 0. The van der Waals surface area contributed by atoms with Crippen LogP contribution in [0, 0.1) is 0 Å². The molecule has 0 aromatic carbocycles. The second-order valence-corrected chi connectivity index (χ2v) is 5.52. The van der Waals surface area contributed by atoms with Crippen LogP contribution in [0.1, 0.15) is 6.92 Å². The van der Waals surface area contributed by atoms with Crippen LogP contribution in [0.15, 0.2) is 10.8 Å². The number of nitrogens with zero attached hydrogens (tertiary/aromatic N) is 1. The molecule has 8 heteroatoms. The van der Waals surface area contributed by atoms with Crippen LogP contribution < -0.4 is 0 Å². The summed E-state index contributed by atoms with van der Waals surface area (Å²) in [6.07, 6.45) is 4.38. The van der Waals surface area contributed by atoms with Gasteiger partial charge in [0.1, 0.15) is 12.5 Å². The van der Waals surface area contributed by atoms with Crippen LogP contribution in [0.3, 0.4) is 0 Å². The van der Waals surface area contributed by atoms with Crippen LogP contribution >= 0.6 is 0 Å². The van der Waals surface area contributed by atoms with E-state index in [1.54, 1.807) is 7.11 Å². The van der Waals surface area contributed by atoms with Gasteiger partial charge in [0.15, 0.2) is 4.91 Å². The molecular formula is C8H18BF4NOS. The van der Waals surface area contributed by atoms with E-state index in [1.807, 2.05) is 19.0 Å². The zero-order valence-corrected chi connectivity index (χ0v) is 11.2. The third-order valence-corrected chi connectivity index (χ3v) is 2.91. The van der Waals surface area contributed by atoms with Crippen molar-refractivity contribution in [1.82, 2.24) is 4.90 Å². The van der Waals surface area contributed by atoms with Crippen molar-refractivity contribution in [1.29, 1.82) is 0 Å². The number of ether oxygens (including phenoxy) is 1. The average molecular weight is 263 g/mol. The van der Waals surface area contributed by atoms with Gasteiger partial charge in [-0.3, -0.25) is 0 Å².